The average molecular weight is 315 g/mol. The van der Waals surface area contributed by atoms with E-state index in [0.717, 1.165) is 5.69 Å². The number of fused-ring (bicyclic) bond motifs is 1. The van der Waals surface area contributed by atoms with E-state index in [0.29, 0.717) is 21.8 Å². The molecule has 1 aromatic carbocycles. The van der Waals surface area contributed by atoms with Crippen LogP contribution < -0.4 is 15.5 Å². The topological polar surface area (TPSA) is 84.1 Å². The Morgan fingerprint density at radius 1 is 1.41 bits per heavy atom. The molecule has 0 bridgehead atoms. The fourth-order valence-electron chi connectivity index (χ4n) is 2.07. The van der Waals surface area contributed by atoms with E-state index in [4.69, 9.17) is 4.74 Å². The summed E-state index contributed by atoms with van der Waals surface area (Å²) in [5.74, 6) is 0.0754. The van der Waals surface area contributed by atoms with Crippen LogP contribution in [0.5, 0.6) is 5.75 Å². The molecule has 0 radical (unpaired) electrons. The van der Waals surface area contributed by atoms with Crippen molar-refractivity contribution in [3.05, 3.63) is 51.3 Å². The lowest BCUT2D eigenvalue weighted by Gasteiger charge is -2.05. The summed E-state index contributed by atoms with van der Waals surface area (Å²) in [5, 5.41) is 5.33. The number of aryl methyl sites for hydroxylation is 1. The zero-order valence-electron chi connectivity index (χ0n) is 12.0. The van der Waals surface area contributed by atoms with Gasteiger partial charge in [0.15, 0.2) is 5.13 Å². The van der Waals surface area contributed by atoms with E-state index in [9.17, 15) is 9.59 Å². The van der Waals surface area contributed by atoms with Crippen LogP contribution in [0.2, 0.25) is 0 Å². The molecule has 22 heavy (non-hydrogen) atoms. The molecule has 2 N–H and O–H groups in total. The quantitative estimate of drug-likeness (QED) is 0.778. The first-order chi connectivity index (χ1) is 10.6. The Morgan fingerprint density at radius 2 is 2.23 bits per heavy atom. The number of carbonyl (C=O) groups is 1. The Kier molecular flexibility index (Phi) is 3.64. The second kappa shape index (κ2) is 5.61. The van der Waals surface area contributed by atoms with Gasteiger partial charge in [0.2, 0.25) is 5.43 Å². The summed E-state index contributed by atoms with van der Waals surface area (Å²) in [6.45, 7) is 1.83. The molecule has 0 spiro atoms. The van der Waals surface area contributed by atoms with Gasteiger partial charge in [0.05, 0.1) is 12.8 Å². The maximum Gasteiger partial charge on any atom is 0.262 e. The van der Waals surface area contributed by atoms with Crippen LogP contribution in [0.4, 0.5) is 5.13 Å². The molecule has 0 saturated heterocycles. The fraction of sp³-hybridized carbons (Fsp3) is 0.133. The van der Waals surface area contributed by atoms with Crippen molar-refractivity contribution in [2.24, 2.45) is 0 Å². The summed E-state index contributed by atoms with van der Waals surface area (Å²) in [5.41, 5.74) is 1.15. The number of anilines is 1. The molecule has 0 aliphatic heterocycles. The summed E-state index contributed by atoms with van der Waals surface area (Å²) >= 11 is 1.31. The van der Waals surface area contributed by atoms with Gasteiger partial charge in [-0.3, -0.25) is 14.9 Å². The van der Waals surface area contributed by atoms with Gasteiger partial charge in [-0.1, -0.05) is 0 Å². The fourth-order valence-corrected chi connectivity index (χ4v) is 2.75. The van der Waals surface area contributed by atoms with E-state index in [1.807, 2.05) is 12.3 Å². The van der Waals surface area contributed by atoms with Crippen LogP contribution in [0.3, 0.4) is 0 Å². The van der Waals surface area contributed by atoms with Gasteiger partial charge in [-0.25, -0.2) is 4.98 Å². The first kappa shape index (κ1) is 14.3. The molecule has 0 fully saturated rings. The molecule has 6 nitrogen and oxygen atoms in total. The van der Waals surface area contributed by atoms with Gasteiger partial charge >= 0.3 is 0 Å². The molecule has 7 heteroatoms. The van der Waals surface area contributed by atoms with Crippen molar-refractivity contribution in [1.82, 2.24) is 9.97 Å². The minimum atomic E-state index is -0.486. The van der Waals surface area contributed by atoms with Gasteiger partial charge in [0.25, 0.3) is 5.91 Å². The number of hydrogen-bond acceptors (Lipinski definition) is 5. The third-order valence-corrected chi connectivity index (χ3v) is 4.05. The predicted octanol–water partition coefficient (Wildman–Crippen LogP) is 2.55. The number of thiazole rings is 1. The number of pyridine rings is 1. The van der Waals surface area contributed by atoms with Crippen molar-refractivity contribution in [2.75, 3.05) is 12.4 Å². The first-order valence-electron chi connectivity index (χ1n) is 6.51. The molecule has 0 saturated carbocycles. The molecule has 1 amide bonds. The number of hydrogen-bond donors (Lipinski definition) is 2. The number of aromatic nitrogens is 2. The summed E-state index contributed by atoms with van der Waals surface area (Å²) in [6, 6.07) is 5.09. The summed E-state index contributed by atoms with van der Waals surface area (Å²) in [6.07, 6.45) is 1.41. The van der Waals surface area contributed by atoms with Crippen LogP contribution in [-0.2, 0) is 0 Å². The van der Waals surface area contributed by atoms with E-state index < -0.39 is 5.91 Å². The lowest BCUT2D eigenvalue weighted by Crippen LogP contribution is -2.21. The lowest BCUT2D eigenvalue weighted by molar-refractivity contribution is 0.102. The summed E-state index contributed by atoms with van der Waals surface area (Å²) < 4.78 is 5.11. The third kappa shape index (κ3) is 2.58. The Balaban J connectivity index is 2.01. The highest BCUT2D eigenvalue weighted by atomic mass is 32.1. The second-order valence-electron chi connectivity index (χ2n) is 4.69. The standard InChI is InChI=1S/C15H13N3O3S/c1-8-7-22-15(17-8)18-14(20)11-6-16-12-4-3-9(21-2)5-10(12)13(11)19/h3-7H,1-2H3,(H,16,19)(H,17,18,20). The number of carbonyl (C=O) groups excluding carboxylic acids is 1. The first-order valence-corrected chi connectivity index (χ1v) is 7.39. The number of nitrogens with zero attached hydrogens (tertiary/aromatic N) is 1. The van der Waals surface area contributed by atoms with Crippen molar-refractivity contribution >= 4 is 33.3 Å². The Morgan fingerprint density at radius 3 is 2.91 bits per heavy atom. The largest absolute Gasteiger partial charge is 0.497 e. The van der Waals surface area contributed by atoms with Gasteiger partial charge < -0.3 is 9.72 Å². The van der Waals surface area contributed by atoms with Crippen molar-refractivity contribution in [3.63, 3.8) is 0 Å². The maximum atomic E-state index is 12.5. The zero-order valence-corrected chi connectivity index (χ0v) is 12.8. The smallest absolute Gasteiger partial charge is 0.262 e. The third-order valence-electron chi connectivity index (χ3n) is 3.17. The number of rotatable bonds is 3. The SMILES string of the molecule is COc1ccc2[nH]cc(C(=O)Nc3nc(C)cs3)c(=O)c2c1. The molecule has 0 unspecified atom stereocenters. The number of ether oxygens (including phenoxy) is 1. The van der Waals surface area contributed by atoms with E-state index in [-0.39, 0.29) is 11.0 Å². The maximum absolute atomic E-state index is 12.5. The zero-order chi connectivity index (χ0) is 15.7. The number of aromatic amines is 1. The van der Waals surface area contributed by atoms with Crippen molar-refractivity contribution in [1.29, 1.82) is 0 Å². The van der Waals surface area contributed by atoms with E-state index in [2.05, 4.69) is 15.3 Å². The van der Waals surface area contributed by atoms with E-state index in [1.165, 1.54) is 24.6 Å². The normalized spacial score (nSPS) is 10.6. The van der Waals surface area contributed by atoms with Crippen LogP contribution in [0.1, 0.15) is 16.1 Å². The van der Waals surface area contributed by atoms with Gasteiger partial charge in [-0.15, -0.1) is 11.3 Å². The van der Waals surface area contributed by atoms with Crippen molar-refractivity contribution < 1.29 is 9.53 Å². The number of methoxy groups -OCH3 is 1. The average Bonchev–Trinajstić information content (AvgIpc) is 2.92. The highest BCUT2D eigenvalue weighted by molar-refractivity contribution is 7.13. The molecule has 112 valence electrons. The predicted molar refractivity (Wildman–Crippen MR) is 85.9 cm³/mol. The molecule has 0 aliphatic carbocycles. The van der Waals surface area contributed by atoms with E-state index >= 15 is 0 Å². The van der Waals surface area contributed by atoms with Gasteiger partial charge in [-0.2, -0.15) is 0 Å². The van der Waals surface area contributed by atoms with Crippen LogP contribution in [-0.4, -0.2) is 23.0 Å². The summed E-state index contributed by atoms with van der Waals surface area (Å²) in [4.78, 5) is 31.8. The minimum absolute atomic E-state index is 0.0357. The Labute approximate surface area is 129 Å². The Hall–Kier alpha value is -2.67. The number of H-pyrrole nitrogens is 1. The van der Waals surface area contributed by atoms with Crippen LogP contribution >= 0.6 is 11.3 Å². The number of amides is 1. The molecule has 2 aromatic heterocycles. The van der Waals surface area contributed by atoms with Crippen molar-refractivity contribution in [3.8, 4) is 5.75 Å². The monoisotopic (exact) mass is 315 g/mol. The molecule has 3 rings (SSSR count). The lowest BCUT2D eigenvalue weighted by atomic mass is 10.1. The van der Waals surface area contributed by atoms with Crippen molar-refractivity contribution in [2.45, 2.75) is 6.92 Å². The minimum Gasteiger partial charge on any atom is -0.497 e. The molecule has 3 aromatic rings. The molecule has 0 atom stereocenters. The van der Waals surface area contributed by atoms with Gasteiger partial charge in [-0.05, 0) is 25.1 Å². The second-order valence-corrected chi connectivity index (χ2v) is 5.55. The van der Waals surface area contributed by atoms with Gasteiger partial charge in [0, 0.05) is 22.5 Å². The van der Waals surface area contributed by atoms with Crippen LogP contribution in [0.15, 0.2) is 34.6 Å². The van der Waals surface area contributed by atoms with Gasteiger partial charge in [0.1, 0.15) is 11.3 Å². The van der Waals surface area contributed by atoms with Crippen LogP contribution in [0, 0.1) is 6.92 Å². The molecule has 0 aliphatic rings. The number of nitrogens with one attached hydrogen (secondary N) is 2. The molecular formula is C15H13N3O3S. The summed E-state index contributed by atoms with van der Waals surface area (Å²) in [7, 11) is 1.52. The molecule has 2 heterocycles. The van der Waals surface area contributed by atoms with E-state index in [1.54, 1.807) is 18.2 Å². The Bertz CT molecular complexity index is 914. The highest BCUT2D eigenvalue weighted by Crippen LogP contribution is 2.18. The molecular weight excluding hydrogens is 302 g/mol. The number of benzene rings is 1. The van der Waals surface area contributed by atoms with Crippen LogP contribution in [0.25, 0.3) is 10.9 Å². The highest BCUT2D eigenvalue weighted by Gasteiger charge is 2.14.